The Kier molecular flexibility index (Phi) is 1.25. The topological polar surface area (TPSA) is 12.9 Å². The predicted octanol–water partition coefficient (Wildman–Crippen LogP) is 1.94. The van der Waals surface area contributed by atoms with Gasteiger partial charge in [0, 0.05) is 5.38 Å². The lowest BCUT2D eigenvalue weighted by molar-refractivity contribution is 0.592. The molecule has 4 heteroatoms. The van der Waals surface area contributed by atoms with Crippen LogP contribution >= 0.6 is 22.9 Å². The van der Waals surface area contributed by atoms with Gasteiger partial charge in [0.2, 0.25) is 5.95 Å². The van der Waals surface area contributed by atoms with Crippen molar-refractivity contribution in [1.29, 1.82) is 0 Å². The Bertz CT molecular complexity index is 147. The first-order chi connectivity index (χ1) is 3.29. The summed E-state index contributed by atoms with van der Waals surface area (Å²) in [4.78, 5) is 3.23. The molecule has 1 nitrogen and oxygen atoms in total. The van der Waals surface area contributed by atoms with Crippen LogP contribution < -0.4 is 0 Å². The zero-order valence-electron chi connectivity index (χ0n) is 3.19. The second-order valence-corrected chi connectivity index (χ2v) is 2.36. The first-order valence-corrected chi connectivity index (χ1v) is 2.81. The number of thiazole rings is 1. The molecule has 0 saturated carbocycles. The molecule has 38 valence electrons. The van der Waals surface area contributed by atoms with Gasteiger partial charge < -0.3 is 0 Å². The maximum atomic E-state index is 11.7. The lowest BCUT2D eigenvalue weighted by atomic mass is 11.0. The van der Waals surface area contributed by atoms with Crippen molar-refractivity contribution in [1.82, 2.24) is 4.98 Å². The minimum atomic E-state index is -0.505. The highest BCUT2D eigenvalue weighted by molar-refractivity contribution is 7.13. The number of aromatic nitrogens is 1. The summed E-state index contributed by atoms with van der Waals surface area (Å²) in [6.45, 7) is 0. The Hall–Kier alpha value is -0.150. The van der Waals surface area contributed by atoms with Crippen LogP contribution in [0.2, 0.25) is 4.47 Å². The fourth-order valence-electron chi connectivity index (χ4n) is 0.234. The Labute approximate surface area is 48.8 Å². The van der Waals surface area contributed by atoms with Crippen molar-refractivity contribution in [3.63, 3.8) is 0 Å². The second kappa shape index (κ2) is 1.76. The van der Waals surface area contributed by atoms with Crippen LogP contribution in [0.4, 0.5) is 4.39 Å². The highest BCUT2D eigenvalue weighted by atomic mass is 35.5. The molecule has 1 heterocycles. The standard InChI is InChI=1S/C3HClFNS/c4-3-6-2(5)1-7-3/h1H. The molecule has 1 rings (SSSR count). The normalized spacial score (nSPS) is 9.43. The molecule has 7 heavy (non-hydrogen) atoms. The SMILES string of the molecule is Fc1csc(Cl)n1. The average Bonchev–Trinajstić information content (AvgIpc) is 1.87. The molecule has 0 amide bonds. The summed E-state index contributed by atoms with van der Waals surface area (Å²) in [6.07, 6.45) is 0. The number of nitrogens with zero attached hydrogens (tertiary/aromatic N) is 1. The first-order valence-electron chi connectivity index (χ1n) is 1.55. The lowest BCUT2D eigenvalue weighted by Crippen LogP contribution is -1.64. The Morgan fingerprint density at radius 1 is 1.86 bits per heavy atom. The monoisotopic (exact) mass is 137 g/mol. The van der Waals surface area contributed by atoms with Gasteiger partial charge in [0.15, 0.2) is 4.47 Å². The van der Waals surface area contributed by atoms with E-state index in [2.05, 4.69) is 4.98 Å². The summed E-state index contributed by atoms with van der Waals surface area (Å²) >= 11 is 6.31. The molecular weight excluding hydrogens is 137 g/mol. The van der Waals surface area contributed by atoms with E-state index in [-0.39, 0.29) is 4.47 Å². The maximum absolute atomic E-state index is 11.7. The molecule has 1 aromatic heterocycles. The Balaban J connectivity index is 3.04. The number of hydrogen-bond donors (Lipinski definition) is 0. The molecule has 0 aliphatic carbocycles. The number of rotatable bonds is 0. The van der Waals surface area contributed by atoms with Gasteiger partial charge >= 0.3 is 0 Å². The van der Waals surface area contributed by atoms with Gasteiger partial charge in [-0.25, -0.2) is 0 Å². The average molecular weight is 138 g/mol. The maximum Gasteiger partial charge on any atom is 0.225 e. The molecule has 0 spiro atoms. The third-order valence-electron chi connectivity index (χ3n) is 0.448. The van der Waals surface area contributed by atoms with E-state index in [0.717, 1.165) is 11.3 Å². The third kappa shape index (κ3) is 1.11. The lowest BCUT2D eigenvalue weighted by Gasteiger charge is -1.64. The van der Waals surface area contributed by atoms with Crippen molar-refractivity contribution < 1.29 is 4.39 Å². The fourth-order valence-corrected chi connectivity index (χ4v) is 0.835. The predicted molar refractivity (Wildman–Crippen MR) is 27.1 cm³/mol. The summed E-state index contributed by atoms with van der Waals surface area (Å²) in [7, 11) is 0. The van der Waals surface area contributed by atoms with Gasteiger partial charge in [-0.2, -0.15) is 9.37 Å². The molecule has 1 aromatic rings. The minimum absolute atomic E-state index is 0.248. The smallest absolute Gasteiger partial charge is 0.196 e. The third-order valence-corrected chi connectivity index (χ3v) is 1.40. The number of halogens is 2. The molecule has 0 bridgehead atoms. The van der Waals surface area contributed by atoms with Gasteiger partial charge in [-0.15, -0.1) is 11.3 Å². The van der Waals surface area contributed by atoms with E-state index in [1.807, 2.05) is 0 Å². The van der Waals surface area contributed by atoms with Crippen molar-refractivity contribution in [3.8, 4) is 0 Å². The molecule has 0 atom stereocenters. The summed E-state index contributed by atoms with van der Waals surface area (Å²) in [5, 5.41) is 1.25. The van der Waals surface area contributed by atoms with E-state index in [1.54, 1.807) is 0 Å². The van der Waals surface area contributed by atoms with E-state index in [0.29, 0.717) is 0 Å². The summed E-state index contributed by atoms with van der Waals surface area (Å²) in [5.41, 5.74) is 0. The zero-order chi connectivity index (χ0) is 5.28. The van der Waals surface area contributed by atoms with Crippen molar-refractivity contribution in [2.45, 2.75) is 0 Å². The second-order valence-electron chi connectivity index (χ2n) is 0.923. The van der Waals surface area contributed by atoms with Crippen LogP contribution in [0.15, 0.2) is 5.38 Å². The quantitative estimate of drug-likeness (QED) is 0.533. The largest absolute Gasteiger partial charge is 0.225 e. The molecule has 0 unspecified atom stereocenters. The van der Waals surface area contributed by atoms with Gasteiger partial charge in [0.1, 0.15) is 0 Å². The molecule has 0 radical (unpaired) electrons. The molecule has 0 N–H and O–H groups in total. The van der Waals surface area contributed by atoms with E-state index in [1.165, 1.54) is 5.38 Å². The van der Waals surface area contributed by atoms with Gasteiger partial charge in [0.05, 0.1) is 0 Å². The van der Waals surface area contributed by atoms with Crippen LogP contribution in [0.25, 0.3) is 0 Å². The highest BCUT2D eigenvalue weighted by Crippen LogP contribution is 2.12. The van der Waals surface area contributed by atoms with Crippen molar-refractivity contribution >= 4 is 22.9 Å². The van der Waals surface area contributed by atoms with Crippen LogP contribution in [0.3, 0.4) is 0 Å². The zero-order valence-corrected chi connectivity index (χ0v) is 4.76. The van der Waals surface area contributed by atoms with E-state index >= 15 is 0 Å². The molecule has 0 aliphatic heterocycles. The molecule has 0 fully saturated rings. The van der Waals surface area contributed by atoms with E-state index in [4.69, 9.17) is 11.6 Å². The summed E-state index contributed by atoms with van der Waals surface area (Å²) < 4.78 is 12.0. The first kappa shape index (κ1) is 5.00. The Morgan fingerprint density at radius 2 is 2.57 bits per heavy atom. The van der Waals surface area contributed by atoms with Gasteiger partial charge in [-0.05, 0) is 0 Å². The van der Waals surface area contributed by atoms with Gasteiger partial charge in [0.25, 0.3) is 0 Å². The van der Waals surface area contributed by atoms with Crippen molar-refractivity contribution in [3.05, 3.63) is 15.8 Å². The minimum Gasteiger partial charge on any atom is -0.196 e. The van der Waals surface area contributed by atoms with Crippen LogP contribution in [0, 0.1) is 5.95 Å². The highest BCUT2D eigenvalue weighted by Gasteiger charge is 1.92. The summed E-state index contributed by atoms with van der Waals surface area (Å²) in [6, 6.07) is 0. The van der Waals surface area contributed by atoms with Crippen LogP contribution in [-0.2, 0) is 0 Å². The summed E-state index contributed by atoms with van der Waals surface area (Å²) in [5.74, 6) is -0.505. The number of hydrogen-bond acceptors (Lipinski definition) is 2. The molecular formula is C3HClFNS. The van der Waals surface area contributed by atoms with Crippen molar-refractivity contribution in [2.24, 2.45) is 0 Å². The Morgan fingerprint density at radius 3 is 2.71 bits per heavy atom. The molecule has 0 aliphatic rings. The van der Waals surface area contributed by atoms with Crippen molar-refractivity contribution in [2.75, 3.05) is 0 Å². The fraction of sp³-hybridized carbons (Fsp3) is 0. The van der Waals surface area contributed by atoms with Gasteiger partial charge in [-0.3, -0.25) is 0 Å². The van der Waals surface area contributed by atoms with E-state index in [9.17, 15) is 4.39 Å². The molecule has 0 saturated heterocycles. The van der Waals surface area contributed by atoms with E-state index < -0.39 is 5.95 Å². The van der Waals surface area contributed by atoms with Crippen LogP contribution in [-0.4, -0.2) is 4.98 Å². The van der Waals surface area contributed by atoms with Gasteiger partial charge in [-0.1, -0.05) is 11.6 Å². The molecule has 0 aromatic carbocycles. The van der Waals surface area contributed by atoms with Crippen LogP contribution in [0.5, 0.6) is 0 Å². The van der Waals surface area contributed by atoms with Crippen LogP contribution in [0.1, 0.15) is 0 Å².